The van der Waals surface area contributed by atoms with Gasteiger partial charge in [-0.05, 0) is 33.9 Å². The maximum atomic E-state index is 13.3. The van der Waals surface area contributed by atoms with Crippen LogP contribution in [0.1, 0.15) is 17.8 Å². The summed E-state index contributed by atoms with van der Waals surface area (Å²) in [5.41, 5.74) is 0. The van der Waals surface area contributed by atoms with Crippen LogP contribution >= 0.6 is 27.3 Å². The van der Waals surface area contributed by atoms with E-state index in [1.165, 1.54) is 0 Å². The quantitative estimate of drug-likeness (QED) is 0.807. The van der Waals surface area contributed by atoms with Crippen molar-refractivity contribution in [2.45, 2.75) is 25.3 Å². The van der Waals surface area contributed by atoms with Crippen molar-refractivity contribution >= 4 is 27.3 Å². The number of hydrogen-bond acceptors (Lipinski definition) is 2. The molecule has 0 amide bonds. The van der Waals surface area contributed by atoms with Crippen LogP contribution in [0.4, 0.5) is 17.6 Å². The molecule has 1 aromatic heterocycles. The number of nitrogens with one attached hydrogen (secondary N) is 1. The first-order valence-corrected chi connectivity index (χ1v) is 6.20. The summed E-state index contributed by atoms with van der Waals surface area (Å²) in [6.45, 7) is 1.79. The lowest BCUT2D eigenvalue weighted by atomic mass is 10.1. The summed E-state index contributed by atoms with van der Waals surface area (Å²) < 4.78 is 51.7. The molecule has 1 atom stereocenters. The highest BCUT2D eigenvalue weighted by molar-refractivity contribution is 9.10. The fourth-order valence-corrected chi connectivity index (χ4v) is 2.97. The summed E-state index contributed by atoms with van der Waals surface area (Å²) in [5.74, 6) is -4.08. The van der Waals surface area contributed by atoms with E-state index in [-0.39, 0.29) is 11.4 Å². The highest BCUT2D eigenvalue weighted by atomic mass is 79.9. The van der Waals surface area contributed by atoms with Gasteiger partial charge in [-0.3, -0.25) is 0 Å². The van der Waals surface area contributed by atoms with Crippen molar-refractivity contribution in [3.63, 3.8) is 0 Å². The normalized spacial score (nSPS) is 14.4. The van der Waals surface area contributed by atoms with Gasteiger partial charge in [0.25, 0.3) is 0 Å². The van der Waals surface area contributed by atoms with Crippen molar-refractivity contribution in [1.29, 1.82) is 0 Å². The molecular formula is C9H10BrF4NS. The number of alkyl halides is 4. The van der Waals surface area contributed by atoms with Crippen LogP contribution in [0.5, 0.6) is 0 Å². The van der Waals surface area contributed by atoms with Gasteiger partial charge in [0.1, 0.15) is 6.04 Å². The predicted molar refractivity (Wildman–Crippen MR) is 59.4 cm³/mol. The monoisotopic (exact) mass is 319 g/mol. The van der Waals surface area contributed by atoms with Gasteiger partial charge in [-0.15, -0.1) is 11.3 Å². The Labute approximate surface area is 103 Å². The SMILES string of the molecule is CCNC(c1sccc1Br)C(F)(F)C(F)F. The minimum Gasteiger partial charge on any atom is -0.304 e. The summed E-state index contributed by atoms with van der Waals surface area (Å²) in [6.07, 6.45) is -3.69. The van der Waals surface area contributed by atoms with E-state index in [9.17, 15) is 17.6 Å². The van der Waals surface area contributed by atoms with Crippen LogP contribution in [-0.4, -0.2) is 18.9 Å². The Bertz CT molecular complexity index is 342. The molecule has 0 saturated heterocycles. The number of halogens is 5. The van der Waals surface area contributed by atoms with Crippen LogP contribution in [0.2, 0.25) is 0 Å². The van der Waals surface area contributed by atoms with Crippen molar-refractivity contribution in [3.05, 3.63) is 20.8 Å². The van der Waals surface area contributed by atoms with E-state index in [0.29, 0.717) is 4.47 Å². The van der Waals surface area contributed by atoms with E-state index in [0.717, 1.165) is 11.3 Å². The highest BCUT2D eigenvalue weighted by Gasteiger charge is 2.50. The summed E-state index contributed by atoms with van der Waals surface area (Å²) in [5, 5.41) is 3.97. The van der Waals surface area contributed by atoms with Gasteiger partial charge >= 0.3 is 12.3 Å². The first kappa shape index (κ1) is 13.9. The van der Waals surface area contributed by atoms with Crippen LogP contribution < -0.4 is 5.32 Å². The molecule has 0 aromatic carbocycles. The Morgan fingerprint density at radius 3 is 2.50 bits per heavy atom. The van der Waals surface area contributed by atoms with Gasteiger partial charge in [0.05, 0.1) is 0 Å². The van der Waals surface area contributed by atoms with Gasteiger partial charge in [0.15, 0.2) is 0 Å². The molecule has 1 aromatic rings. The number of thiophene rings is 1. The van der Waals surface area contributed by atoms with Gasteiger partial charge in [-0.25, -0.2) is 8.78 Å². The minimum absolute atomic E-state index is 0.187. The molecule has 1 nitrogen and oxygen atoms in total. The molecular weight excluding hydrogens is 310 g/mol. The molecule has 92 valence electrons. The molecule has 0 bridgehead atoms. The lowest BCUT2D eigenvalue weighted by Gasteiger charge is -2.26. The second-order valence-corrected chi connectivity index (χ2v) is 4.90. The first-order chi connectivity index (χ1) is 7.41. The average Bonchev–Trinajstić information content (AvgIpc) is 2.60. The fraction of sp³-hybridized carbons (Fsp3) is 0.556. The third-order valence-corrected chi connectivity index (χ3v) is 3.93. The molecule has 0 radical (unpaired) electrons. The van der Waals surface area contributed by atoms with Crippen molar-refractivity contribution in [3.8, 4) is 0 Å². The summed E-state index contributed by atoms with van der Waals surface area (Å²) in [7, 11) is 0. The topological polar surface area (TPSA) is 12.0 Å². The summed E-state index contributed by atoms with van der Waals surface area (Å²) in [6, 6.07) is -0.0989. The van der Waals surface area contributed by atoms with Gasteiger partial charge < -0.3 is 5.32 Å². The Kier molecular flexibility index (Phi) is 4.75. The molecule has 0 aliphatic heterocycles. The third-order valence-electron chi connectivity index (χ3n) is 1.99. The smallest absolute Gasteiger partial charge is 0.304 e. The van der Waals surface area contributed by atoms with E-state index in [1.807, 2.05) is 0 Å². The minimum atomic E-state index is -4.08. The predicted octanol–water partition coefficient (Wildman–Crippen LogP) is 4.06. The Hall–Kier alpha value is -0.140. The van der Waals surface area contributed by atoms with Crippen LogP contribution in [-0.2, 0) is 0 Å². The van der Waals surface area contributed by atoms with Crippen LogP contribution in [0.25, 0.3) is 0 Å². The zero-order chi connectivity index (χ0) is 12.3. The van der Waals surface area contributed by atoms with Crippen LogP contribution in [0.3, 0.4) is 0 Å². The standard InChI is InChI=1S/C9H10BrF4NS/c1-2-15-7(9(13,14)8(11)12)6-5(10)3-4-16-6/h3-4,7-8,15H,2H2,1H3. The van der Waals surface area contributed by atoms with Gasteiger partial charge in [0.2, 0.25) is 0 Å². The van der Waals surface area contributed by atoms with Crippen molar-refractivity contribution in [1.82, 2.24) is 5.32 Å². The Morgan fingerprint density at radius 1 is 1.50 bits per heavy atom. The summed E-state index contributed by atoms with van der Waals surface area (Å²) in [4.78, 5) is 0.187. The molecule has 0 spiro atoms. The second-order valence-electron chi connectivity index (χ2n) is 3.10. The zero-order valence-corrected chi connectivity index (χ0v) is 10.7. The molecule has 1 unspecified atom stereocenters. The second kappa shape index (κ2) is 5.46. The van der Waals surface area contributed by atoms with Gasteiger partial charge in [0, 0.05) is 9.35 Å². The largest absolute Gasteiger partial charge is 0.327 e. The van der Waals surface area contributed by atoms with E-state index in [1.54, 1.807) is 18.4 Å². The van der Waals surface area contributed by atoms with Crippen molar-refractivity contribution < 1.29 is 17.6 Å². The van der Waals surface area contributed by atoms with Crippen molar-refractivity contribution in [2.75, 3.05) is 6.54 Å². The van der Waals surface area contributed by atoms with Gasteiger partial charge in [-0.2, -0.15) is 8.78 Å². The molecule has 1 N–H and O–H groups in total. The van der Waals surface area contributed by atoms with E-state index in [4.69, 9.17) is 0 Å². The molecule has 7 heteroatoms. The number of rotatable bonds is 5. The average molecular weight is 320 g/mol. The third kappa shape index (κ3) is 2.75. The molecule has 1 heterocycles. The van der Waals surface area contributed by atoms with Crippen LogP contribution in [0, 0.1) is 0 Å². The molecule has 0 fully saturated rings. The fourth-order valence-electron chi connectivity index (χ4n) is 1.25. The lowest BCUT2D eigenvalue weighted by molar-refractivity contribution is -0.150. The maximum absolute atomic E-state index is 13.3. The first-order valence-electron chi connectivity index (χ1n) is 4.53. The summed E-state index contributed by atoms with van der Waals surface area (Å²) >= 11 is 4.09. The van der Waals surface area contributed by atoms with E-state index >= 15 is 0 Å². The maximum Gasteiger partial charge on any atom is 0.327 e. The molecule has 1 rings (SSSR count). The van der Waals surface area contributed by atoms with E-state index in [2.05, 4.69) is 21.2 Å². The zero-order valence-electron chi connectivity index (χ0n) is 8.31. The lowest BCUT2D eigenvalue weighted by Crippen LogP contribution is -2.42. The Balaban J connectivity index is 3.05. The van der Waals surface area contributed by atoms with E-state index < -0.39 is 18.4 Å². The van der Waals surface area contributed by atoms with Gasteiger partial charge in [-0.1, -0.05) is 6.92 Å². The highest BCUT2D eigenvalue weighted by Crippen LogP contribution is 2.41. The Morgan fingerprint density at radius 2 is 2.12 bits per heavy atom. The number of hydrogen-bond donors (Lipinski definition) is 1. The van der Waals surface area contributed by atoms with Crippen LogP contribution in [0.15, 0.2) is 15.9 Å². The van der Waals surface area contributed by atoms with Crippen molar-refractivity contribution in [2.24, 2.45) is 0 Å². The molecule has 0 saturated carbocycles. The molecule has 0 aliphatic carbocycles. The molecule has 0 aliphatic rings. The molecule has 16 heavy (non-hydrogen) atoms.